The van der Waals surface area contributed by atoms with Gasteiger partial charge in [0.05, 0.1) is 5.60 Å². The SMILES string of the molecule is CC(O)(CN)CCCN1CCc2ccccc2C1. The van der Waals surface area contributed by atoms with Crippen molar-refractivity contribution in [3.05, 3.63) is 35.4 Å². The van der Waals surface area contributed by atoms with Crippen molar-refractivity contribution in [1.29, 1.82) is 0 Å². The zero-order chi connectivity index (χ0) is 13.0. The molecule has 1 aromatic rings. The lowest BCUT2D eigenvalue weighted by Gasteiger charge is -2.30. The van der Waals surface area contributed by atoms with Crippen LogP contribution < -0.4 is 5.73 Å². The third kappa shape index (κ3) is 3.55. The first kappa shape index (κ1) is 13.5. The highest BCUT2D eigenvalue weighted by molar-refractivity contribution is 5.28. The first-order valence-electron chi connectivity index (χ1n) is 6.82. The molecule has 0 amide bonds. The monoisotopic (exact) mass is 248 g/mol. The predicted octanol–water partition coefficient (Wildman–Crippen LogP) is 1.53. The molecule has 1 heterocycles. The molecule has 1 aromatic carbocycles. The van der Waals surface area contributed by atoms with E-state index >= 15 is 0 Å². The number of rotatable bonds is 5. The van der Waals surface area contributed by atoms with Crippen LogP contribution in [0.25, 0.3) is 0 Å². The summed E-state index contributed by atoms with van der Waals surface area (Å²) in [4.78, 5) is 2.47. The summed E-state index contributed by atoms with van der Waals surface area (Å²) in [5, 5.41) is 9.87. The average Bonchev–Trinajstić information content (AvgIpc) is 2.38. The number of hydrogen-bond acceptors (Lipinski definition) is 3. The molecule has 0 fully saturated rings. The minimum atomic E-state index is -0.701. The van der Waals surface area contributed by atoms with Crippen LogP contribution in [0.3, 0.4) is 0 Å². The lowest BCUT2D eigenvalue weighted by molar-refractivity contribution is 0.0539. The van der Waals surface area contributed by atoms with Gasteiger partial charge in [0, 0.05) is 19.6 Å². The Labute approximate surface area is 110 Å². The van der Waals surface area contributed by atoms with Gasteiger partial charge in [-0.1, -0.05) is 24.3 Å². The molecule has 18 heavy (non-hydrogen) atoms. The van der Waals surface area contributed by atoms with Crippen molar-refractivity contribution in [2.75, 3.05) is 19.6 Å². The quantitative estimate of drug-likeness (QED) is 0.831. The molecule has 0 spiro atoms. The molecule has 1 atom stereocenters. The van der Waals surface area contributed by atoms with Gasteiger partial charge in [0.15, 0.2) is 0 Å². The van der Waals surface area contributed by atoms with Gasteiger partial charge in [-0.05, 0) is 43.9 Å². The van der Waals surface area contributed by atoms with Crippen molar-refractivity contribution in [3.63, 3.8) is 0 Å². The smallest absolute Gasteiger partial charge is 0.0741 e. The van der Waals surface area contributed by atoms with Crippen LogP contribution in [0.15, 0.2) is 24.3 Å². The van der Waals surface area contributed by atoms with Crippen LogP contribution in [0.1, 0.15) is 30.9 Å². The Bertz CT molecular complexity index is 390. The number of fused-ring (bicyclic) bond motifs is 1. The minimum absolute atomic E-state index is 0.343. The zero-order valence-corrected chi connectivity index (χ0v) is 11.2. The van der Waals surface area contributed by atoms with Crippen molar-refractivity contribution >= 4 is 0 Å². The Morgan fingerprint density at radius 2 is 2.06 bits per heavy atom. The molecule has 2 rings (SSSR count). The lowest BCUT2D eigenvalue weighted by Crippen LogP contribution is -2.36. The second-order valence-corrected chi connectivity index (χ2v) is 5.60. The summed E-state index contributed by atoms with van der Waals surface area (Å²) < 4.78 is 0. The van der Waals surface area contributed by atoms with Crippen LogP contribution in [0.5, 0.6) is 0 Å². The highest BCUT2D eigenvalue weighted by Gasteiger charge is 2.19. The third-order valence-electron chi connectivity index (χ3n) is 3.84. The van der Waals surface area contributed by atoms with Crippen molar-refractivity contribution < 1.29 is 5.11 Å². The molecule has 0 saturated heterocycles. The second-order valence-electron chi connectivity index (χ2n) is 5.60. The van der Waals surface area contributed by atoms with Crippen molar-refractivity contribution in [1.82, 2.24) is 4.90 Å². The molecule has 0 aliphatic carbocycles. The van der Waals surface area contributed by atoms with Gasteiger partial charge in [0.1, 0.15) is 0 Å². The van der Waals surface area contributed by atoms with E-state index in [1.807, 2.05) is 6.92 Å². The zero-order valence-electron chi connectivity index (χ0n) is 11.2. The normalized spacial score (nSPS) is 19.3. The third-order valence-corrected chi connectivity index (χ3v) is 3.84. The first-order valence-corrected chi connectivity index (χ1v) is 6.82. The predicted molar refractivity (Wildman–Crippen MR) is 74.3 cm³/mol. The summed E-state index contributed by atoms with van der Waals surface area (Å²) in [7, 11) is 0. The van der Waals surface area contributed by atoms with E-state index in [0.717, 1.165) is 38.9 Å². The van der Waals surface area contributed by atoms with Gasteiger partial charge in [-0.2, -0.15) is 0 Å². The summed E-state index contributed by atoms with van der Waals surface area (Å²) >= 11 is 0. The van der Waals surface area contributed by atoms with E-state index in [1.165, 1.54) is 11.1 Å². The Morgan fingerprint density at radius 1 is 1.33 bits per heavy atom. The van der Waals surface area contributed by atoms with E-state index in [4.69, 9.17) is 5.73 Å². The van der Waals surface area contributed by atoms with Crippen molar-refractivity contribution in [2.24, 2.45) is 5.73 Å². The molecule has 100 valence electrons. The largest absolute Gasteiger partial charge is 0.389 e. The average molecular weight is 248 g/mol. The summed E-state index contributed by atoms with van der Waals surface area (Å²) in [6.45, 7) is 5.38. The maximum absolute atomic E-state index is 9.87. The van der Waals surface area contributed by atoms with E-state index < -0.39 is 5.60 Å². The summed E-state index contributed by atoms with van der Waals surface area (Å²) in [5.41, 5.74) is 7.77. The highest BCUT2D eigenvalue weighted by Crippen LogP contribution is 2.19. The molecule has 3 nitrogen and oxygen atoms in total. The molecule has 1 aliphatic rings. The first-order chi connectivity index (χ1) is 8.61. The minimum Gasteiger partial charge on any atom is -0.389 e. The van der Waals surface area contributed by atoms with Gasteiger partial charge in [0.2, 0.25) is 0 Å². The maximum atomic E-state index is 9.87. The van der Waals surface area contributed by atoms with E-state index in [2.05, 4.69) is 29.2 Å². The molecular formula is C15H24N2O. The van der Waals surface area contributed by atoms with Crippen molar-refractivity contribution in [3.8, 4) is 0 Å². The molecule has 0 radical (unpaired) electrons. The number of aliphatic hydroxyl groups is 1. The van der Waals surface area contributed by atoms with Gasteiger partial charge >= 0.3 is 0 Å². The Morgan fingerprint density at radius 3 is 2.78 bits per heavy atom. The van der Waals surface area contributed by atoms with Crippen LogP contribution >= 0.6 is 0 Å². The van der Waals surface area contributed by atoms with Crippen molar-refractivity contribution in [2.45, 2.75) is 38.3 Å². The standard InChI is InChI=1S/C15H24N2O/c1-15(18,12-16)8-4-9-17-10-7-13-5-2-3-6-14(13)11-17/h2-3,5-6,18H,4,7-12,16H2,1H3. The molecule has 0 aromatic heterocycles. The molecule has 3 N–H and O–H groups in total. The lowest BCUT2D eigenvalue weighted by atomic mass is 9.98. The number of hydrogen-bond donors (Lipinski definition) is 2. The molecule has 3 heteroatoms. The van der Waals surface area contributed by atoms with Gasteiger partial charge in [-0.15, -0.1) is 0 Å². The molecule has 0 bridgehead atoms. The molecule has 1 unspecified atom stereocenters. The highest BCUT2D eigenvalue weighted by atomic mass is 16.3. The summed E-state index contributed by atoms with van der Waals surface area (Å²) in [6.07, 6.45) is 2.93. The van der Waals surface area contributed by atoms with Crippen LogP contribution in [0, 0.1) is 0 Å². The maximum Gasteiger partial charge on any atom is 0.0741 e. The van der Waals surface area contributed by atoms with Gasteiger partial charge in [0.25, 0.3) is 0 Å². The van der Waals surface area contributed by atoms with Crippen LogP contribution in [-0.4, -0.2) is 35.2 Å². The summed E-state index contributed by atoms with van der Waals surface area (Å²) in [5.74, 6) is 0. The van der Waals surface area contributed by atoms with E-state index in [9.17, 15) is 5.11 Å². The fraction of sp³-hybridized carbons (Fsp3) is 0.600. The Balaban J connectivity index is 1.80. The van der Waals surface area contributed by atoms with E-state index in [-0.39, 0.29) is 0 Å². The van der Waals surface area contributed by atoms with E-state index in [1.54, 1.807) is 0 Å². The Kier molecular flexibility index (Phi) is 4.38. The number of benzene rings is 1. The second kappa shape index (κ2) is 5.83. The molecule has 1 aliphatic heterocycles. The Hall–Kier alpha value is -0.900. The van der Waals surface area contributed by atoms with Gasteiger partial charge in [-0.3, -0.25) is 4.90 Å². The summed E-state index contributed by atoms with van der Waals surface area (Å²) in [6, 6.07) is 8.68. The molecular weight excluding hydrogens is 224 g/mol. The van der Waals surface area contributed by atoms with Crippen LogP contribution in [0.2, 0.25) is 0 Å². The number of nitrogens with zero attached hydrogens (tertiary/aromatic N) is 1. The molecule has 0 saturated carbocycles. The van der Waals surface area contributed by atoms with Crippen LogP contribution in [0.4, 0.5) is 0 Å². The van der Waals surface area contributed by atoms with Crippen LogP contribution in [-0.2, 0) is 13.0 Å². The number of nitrogens with two attached hydrogens (primary N) is 1. The van der Waals surface area contributed by atoms with Gasteiger partial charge in [-0.25, -0.2) is 0 Å². The van der Waals surface area contributed by atoms with E-state index in [0.29, 0.717) is 6.54 Å². The fourth-order valence-corrected chi connectivity index (χ4v) is 2.53. The van der Waals surface area contributed by atoms with Gasteiger partial charge < -0.3 is 10.8 Å². The topological polar surface area (TPSA) is 49.5 Å². The fourth-order valence-electron chi connectivity index (χ4n) is 2.53.